The van der Waals surface area contributed by atoms with Gasteiger partial charge >= 0.3 is 0 Å². The molecule has 6 nitrogen and oxygen atoms in total. The first kappa shape index (κ1) is 17.6. The van der Waals surface area contributed by atoms with Crippen molar-refractivity contribution in [2.75, 3.05) is 13.1 Å². The lowest BCUT2D eigenvalue weighted by molar-refractivity contribution is 0.0787. The number of hydrogen-bond acceptors (Lipinski definition) is 4. The number of nitrogens with one attached hydrogen (secondary N) is 1. The number of aromatic nitrogens is 4. The largest absolute Gasteiger partial charge is 0.338 e. The van der Waals surface area contributed by atoms with E-state index in [-0.39, 0.29) is 10.9 Å². The maximum atomic E-state index is 13.3. The Labute approximate surface area is 160 Å². The third-order valence-corrected chi connectivity index (χ3v) is 4.96. The van der Waals surface area contributed by atoms with Gasteiger partial charge in [-0.05, 0) is 42.7 Å². The van der Waals surface area contributed by atoms with E-state index in [2.05, 4.69) is 20.2 Å². The summed E-state index contributed by atoms with van der Waals surface area (Å²) in [6.07, 6.45) is 5.01. The molecule has 1 amide bonds. The summed E-state index contributed by atoms with van der Waals surface area (Å²) in [6, 6.07) is 7.81. The highest BCUT2D eigenvalue weighted by molar-refractivity contribution is 6.31. The van der Waals surface area contributed by atoms with Gasteiger partial charge in [0.1, 0.15) is 11.6 Å². The second kappa shape index (κ2) is 7.44. The molecule has 1 aliphatic rings. The molecule has 0 aliphatic carbocycles. The van der Waals surface area contributed by atoms with Gasteiger partial charge in [0.15, 0.2) is 5.82 Å². The fourth-order valence-corrected chi connectivity index (χ4v) is 3.46. The fourth-order valence-electron chi connectivity index (χ4n) is 3.28. The van der Waals surface area contributed by atoms with Gasteiger partial charge in [-0.15, -0.1) is 0 Å². The molecule has 138 valence electrons. The molecular weight excluding hydrogens is 369 g/mol. The van der Waals surface area contributed by atoms with Gasteiger partial charge in [-0.1, -0.05) is 11.6 Å². The number of nitrogens with zero attached hydrogens (tertiary/aromatic N) is 4. The SMILES string of the molecule is O=C(c1ccc(F)c(Cl)c1)N1CCC(Cc2nc(-c3cccnc3)n[nH]2)C1. The summed E-state index contributed by atoms with van der Waals surface area (Å²) >= 11 is 5.78. The van der Waals surface area contributed by atoms with Crippen LogP contribution in [0.4, 0.5) is 4.39 Å². The lowest BCUT2D eigenvalue weighted by atomic mass is 10.0. The summed E-state index contributed by atoms with van der Waals surface area (Å²) in [4.78, 5) is 23.0. The summed E-state index contributed by atoms with van der Waals surface area (Å²) < 4.78 is 13.3. The predicted molar refractivity (Wildman–Crippen MR) is 98.7 cm³/mol. The van der Waals surface area contributed by atoms with Gasteiger partial charge < -0.3 is 4.90 Å². The van der Waals surface area contributed by atoms with Crippen LogP contribution in [0.1, 0.15) is 22.6 Å². The van der Waals surface area contributed by atoms with Gasteiger partial charge in [-0.3, -0.25) is 14.9 Å². The molecule has 27 heavy (non-hydrogen) atoms. The van der Waals surface area contributed by atoms with Crippen molar-refractivity contribution in [1.29, 1.82) is 0 Å². The van der Waals surface area contributed by atoms with E-state index in [1.165, 1.54) is 18.2 Å². The molecule has 0 radical (unpaired) electrons. The van der Waals surface area contributed by atoms with Crippen molar-refractivity contribution >= 4 is 17.5 Å². The summed E-state index contributed by atoms with van der Waals surface area (Å²) in [7, 11) is 0. The number of carbonyl (C=O) groups excluding carboxylic acids is 1. The minimum absolute atomic E-state index is 0.0406. The summed E-state index contributed by atoms with van der Waals surface area (Å²) in [6.45, 7) is 1.28. The smallest absolute Gasteiger partial charge is 0.253 e. The van der Waals surface area contributed by atoms with E-state index in [1.54, 1.807) is 17.3 Å². The fraction of sp³-hybridized carbons (Fsp3) is 0.263. The van der Waals surface area contributed by atoms with Gasteiger partial charge in [0.25, 0.3) is 5.91 Å². The standard InChI is InChI=1S/C19H17ClFN5O/c20-15-9-13(3-4-16(15)21)19(27)26-7-5-12(11-26)8-17-23-18(25-24-17)14-2-1-6-22-10-14/h1-4,6,9-10,12H,5,7-8,11H2,(H,23,24,25). The summed E-state index contributed by atoms with van der Waals surface area (Å²) in [5.41, 5.74) is 1.26. The molecule has 4 rings (SSSR count). The molecule has 2 aromatic heterocycles. The molecule has 1 unspecified atom stereocenters. The maximum absolute atomic E-state index is 13.3. The average molecular weight is 386 g/mol. The van der Waals surface area contributed by atoms with E-state index in [4.69, 9.17) is 11.6 Å². The van der Waals surface area contributed by atoms with Gasteiger partial charge in [-0.25, -0.2) is 9.37 Å². The summed E-state index contributed by atoms with van der Waals surface area (Å²) in [5.74, 6) is 1.04. The molecular formula is C19H17ClFN5O. The highest BCUT2D eigenvalue weighted by Crippen LogP contribution is 2.24. The highest BCUT2D eigenvalue weighted by Gasteiger charge is 2.28. The van der Waals surface area contributed by atoms with Crippen molar-refractivity contribution < 1.29 is 9.18 Å². The Morgan fingerprint density at radius 2 is 2.26 bits per heavy atom. The molecule has 0 saturated carbocycles. The second-order valence-electron chi connectivity index (χ2n) is 6.59. The van der Waals surface area contributed by atoms with Crippen molar-refractivity contribution in [2.45, 2.75) is 12.8 Å². The lowest BCUT2D eigenvalue weighted by Crippen LogP contribution is -2.29. The first-order valence-electron chi connectivity index (χ1n) is 8.66. The van der Waals surface area contributed by atoms with Gasteiger partial charge in [0.2, 0.25) is 0 Å². The van der Waals surface area contributed by atoms with Crippen LogP contribution in [0.5, 0.6) is 0 Å². The van der Waals surface area contributed by atoms with Crippen LogP contribution in [0, 0.1) is 11.7 Å². The van der Waals surface area contributed by atoms with E-state index in [9.17, 15) is 9.18 Å². The van der Waals surface area contributed by atoms with Crippen LogP contribution in [0.25, 0.3) is 11.4 Å². The average Bonchev–Trinajstić information content (AvgIpc) is 3.34. The van der Waals surface area contributed by atoms with E-state index < -0.39 is 5.82 Å². The van der Waals surface area contributed by atoms with Crippen LogP contribution in [-0.4, -0.2) is 44.1 Å². The third kappa shape index (κ3) is 3.83. The maximum Gasteiger partial charge on any atom is 0.253 e. The number of carbonyl (C=O) groups is 1. The number of H-pyrrole nitrogens is 1. The highest BCUT2D eigenvalue weighted by atomic mass is 35.5. The predicted octanol–water partition coefficient (Wildman–Crippen LogP) is 3.36. The Morgan fingerprint density at radius 1 is 1.37 bits per heavy atom. The molecule has 1 saturated heterocycles. The Kier molecular flexibility index (Phi) is 4.85. The Morgan fingerprint density at radius 3 is 3.04 bits per heavy atom. The van der Waals surface area contributed by atoms with Crippen molar-refractivity contribution in [3.05, 3.63) is 65.0 Å². The Hall–Kier alpha value is -2.80. The van der Waals surface area contributed by atoms with Crippen LogP contribution in [-0.2, 0) is 6.42 Å². The zero-order valence-electron chi connectivity index (χ0n) is 14.4. The molecule has 1 aromatic carbocycles. The van der Waals surface area contributed by atoms with Crippen molar-refractivity contribution in [1.82, 2.24) is 25.1 Å². The lowest BCUT2D eigenvalue weighted by Gasteiger charge is -2.16. The zero-order chi connectivity index (χ0) is 18.8. The molecule has 0 spiro atoms. The normalized spacial score (nSPS) is 16.7. The van der Waals surface area contributed by atoms with E-state index in [0.717, 1.165) is 17.8 Å². The van der Waals surface area contributed by atoms with Crippen molar-refractivity contribution in [3.8, 4) is 11.4 Å². The number of halogens is 2. The van der Waals surface area contributed by atoms with Gasteiger partial charge in [0.05, 0.1) is 5.02 Å². The number of likely N-dealkylation sites (tertiary alicyclic amines) is 1. The number of pyridine rings is 1. The minimum atomic E-state index is -0.526. The molecule has 0 bridgehead atoms. The Bertz CT molecular complexity index is 962. The van der Waals surface area contributed by atoms with Crippen molar-refractivity contribution in [2.24, 2.45) is 5.92 Å². The number of benzene rings is 1. The Balaban J connectivity index is 1.39. The molecule has 1 atom stereocenters. The van der Waals surface area contributed by atoms with Gasteiger partial charge in [-0.2, -0.15) is 5.10 Å². The number of hydrogen-bond donors (Lipinski definition) is 1. The topological polar surface area (TPSA) is 74.8 Å². The molecule has 8 heteroatoms. The van der Waals surface area contributed by atoms with Crippen LogP contribution >= 0.6 is 11.6 Å². The third-order valence-electron chi connectivity index (χ3n) is 4.67. The number of aromatic amines is 1. The van der Waals surface area contributed by atoms with Crippen molar-refractivity contribution in [3.63, 3.8) is 0 Å². The minimum Gasteiger partial charge on any atom is -0.338 e. The molecule has 3 aromatic rings. The van der Waals surface area contributed by atoms with Crippen LogP contribution in [0.15, 0.2) is 42.7 Å². The monoisotopic (exact) mass is 385 g/mol. The van der Waals surface area contributed by atoms with Crippen LogP contribution < -0.4 is 0 Å². The molecule has 1 N–H and O–H groups in total. The molecule has 3 heterocycles. The molecule has 1 fully saturated rings. The van der Waals surface area contributed by atoms with E-state index in [1.807, 2.05) is 12.1 Å². The molecule has 1 aliphatic heterocycles. The number of rotatable bonds is 4. The first-order valence-corrected chi connectivity index (χ1v) is 9.04. The van der Waals surface area contributed by atoms with E-state index in [0.29, 0.717) is 36.8 Å². The second-order valence-corrected chi connectivity index (χ2v) is 6.99. The first-order chi connectivity index (χ1) is 13.1. The van der Waals surface area contributed by atoms with E-state index >= 15 is 0 Å². The summed E-state index contributed by atoms with van der Waals surface area (Å²) in [5, 5.41) is 7.17. The van der Waals surface area contributed by atoms with Gasteiger partial charge in [0, 0.05) is 43.0 Å². The van der Waals surface area contributed by atoms with Crippen LogP contribution in [0.2, 0.25) is 5.02 Å². The van der Waals surface area contributed by atoms with Crippen LogP contribution in [0.3, 0.4) is 0 Å². The number of amides is 1. The zero-order valence-corrected chi connectivity index (χ0v) is 15.2. The quantitative estimate of drug-likeness (QED) is 0.747.